The van der Waals surface area contributed by atoms with E-state index < -0.39 is 0 Å². The summed E-state index contributed by atoms with van der Waals surface area (Å²) in [6.07, 6.45) is 1.59. The van der Waals surface area contributed by atoms with Crippen LogP contribution in [-0.4, -0.2) is 37.0 Å². The van der Waals surface area contributed by atoms with Crippen molar-refractivity contribution in [3.05, 3.63) is 98.2 Å². The number of piperazine rings is 1. The summed E-state index contributed by atoms with van der Waals surface area (Å²) in [5, 5.41) is 9.69. The maximum atomic E-state index is 13.1. The Kier molecular flexibility index (Phi) is 8.21. The minimum Gasteiger partial charge on any atom is -0.487 e. The smallest absolute Gasteiger partial charge is 0.264 e. The zero-order valence-electron chi connectivity index (χ0n) is 18.8. The fraction of sp³-hybridized carbons (Fsp3) is 0.185. The van der Waals surface area contributed by atoms with Crippen LogP contribution in [0.15, 0.2) is 81.2 Å². The average molecular weight is 599 g/mol. The van der Waals surface area contributed by atoms with Crippen LogP contribution in [0.2, 0.25) is 0 Å². The summed E-state index contributed by atoms with van der Waals surface area (Å²) in [6, 6.07) is 21.8. The van der Waals surface area contributed by atoms with Gasteiger partial charge in [-0.2, -0.15) is 5.26 Å². The Bertz CT molecular complexity index is 1240. The third-order valence-corrected chi connectivity index (χ3v) is 6.85. The number of carbonyl (C=O) groups excluding carboxylic acids is 1. The number of carbonyl (C=O) groups is 1. The number of benzene rings is 3. The molecule has 1 heterocycles. The van der Waals surface area contributed by atoms with E-state index in [1.807, 2.05) is 18.2 Å². The first-order valence-electron chi connectivity index (χ1n) is 11.0. The van der Waals surface area contributed by atoms with E-state index in [2.05, 4.69) is 55.0 Å². The highest BCUT2D eigenvalue weighted by Gasteiger charge is 2.24. The molecule has 1 aliphatic heterocycles. The summed E-state index contributed by atoms with van der Waals surface area (Å²) >= 11 is 7.02. The maximum Gasteiger partial charge on any atom is 0.264 e. The van der Waals surface area contributed by atoms with E-state index in [4.69, 9.17) is 4.74 Å². The van der Waals surface area contributed by atoms with Crippen molar-refractivity contribution in [1.82, 2.24) is 4.90 Å². The first kappa shape index (κ1) is 25.0. The standard InChI is InChI=1S/C27H22Br2FN3O2/c28-24-15-20(16-25(29)26(24)35-18-19-6-8-22(30)9-7-19)14-21(17-31)27(34)33-12-10-32(11-13-33)23-4-2-1-3-5-23/h1-9,14-16H,10-13,18H2/b21-14-. The first-order chi connectivity index (χ1) is 16.9. The van der Waals surface area contributed by atoms with Gasteiger partial charge in [-0.05, 0) is 85.5 Å². The highest BCUT2D eigenvalue weighted by molar-refractivity contribution is 9.11. The Labute approximate surface area is 220 Å². The second kappa shape index (κ2) is 11.5. The van der Waals surface area contributed by atoms with E-state index in [1.165, 1.54) is 12.1 Å². The van der Waals surface area contributed by atoms with Gasteiger partial charge in [-0.3, -0.25) is 4.79 Å². The number of anilines is 1. The molecule has 5 nitrogen and oxygen atoms in total. The molecule has 0 radical (unpaired) electrons. The number of nitrogens with zero attached hydrogens (tertiary/aromatic N) is 3. The van der Waals surface area contributed by atoms with Crippen molar-refractivity contribution in [3.63, 3.8) is 0 Å². The van der Waals surface area contributed by atoms with Crippen LogP contribution < -0.4 is 9.64 Å². The fourth-order valence-corrected chi connectivity index (χ4v) is 5.27. The van der Waals surface area contributed by atoms with Gasteiger partial charge < -0.3 is 14.5 Å². The quantitative estimate of drug-likeness (QED) is 0.251. The summed E-state index contributed by atoms with van der Waals surface area (Å²) in [5.41, 5.74) is 2.73. The van der Waals surface area contributed by atoms with Crippen molar-refractivity contribution in [2.75, 3.05) is 31.1 Å². The van der Waals surface area contributed by atoms with Gasteiger partial charge in [0, 0.05) is 31.9 Å². The number of rotatable bonds is 6. The normalized spacial score (nSPS) is 13.9. The van der Waals surface area contributed by atoms with E-state index in [9.17, 15) is 14.4 Å². The Hall–Kier alpha value is -3.15. The number of hydrogen-bond donors (Lipinski definition) is 0. The number of ether oxygens (including phenoxy) is 1. The molecule has 3 aromatic carbocycles. The Morgan fingerprint density at radius 1 is 1.00 bits per heavy atom. The number of halogens is 3. The molecule has 178 valence electrons. The van der Waals surface area contributed by atoms with Crippen molar-refractivity contribution < 1.29 is 13.9 Å². The SMILES string of the molecule is N#C/C(=C/c1cc(Br)c(OCc2ccc(F)cc2)c(Br)c1)C(=O)N1CCN(c2ccccc2)CC1. The number of hydrogen-bond acceptors (Lipinski definition) is 4. The molecule has 0 bridgehead atoms. The maximum absolute atomic E-state index is 13.1. The van der Waals surface area contributed by atoms with Gasteiger partial charge in [0.1, 0.15) is 29.8 Å². The van der Waals surface area contributed by atoms with Crippen LogP contribution in [0, 0.1) is 17.1 Å². The zero-order valence-corrected chi connectivity index (χ0v) is 21.9. The molecule has 1 amide bonds. The molecule has 0 saturated carbocycles. The molecular formula is C27H22Br2FN3O2. The van der Waals surface area contributed by atoms with Crippen molar-refractivity contribution in [2.24, 2.45) is 0 Å². The van der Waals surface area contributed by atoms with E-state index in [1.54, 1.807) is 35.2 Å². The lowest BCUT2D eigenvalue weighted by Crippen LogP contribution is -2.49. The molecule has 1 aliphatic rings. The summed E-state index contributed by atoms with van der Waals surface area (Å²) in [5.74, 6) is 0.00519. The van der Waals surface area contributed by atoms with Gasteiger partial charge in [-0.1, -0.05) is 30.3 Å². The van der Waals surface area contributed by atoms with Gasteiger partial charge in [0.25, 0.3) is 5.91 Å². The summed E-state index contributed by atoms with van der Waals surface area (Å²) < 4.78 is 20.3. The number of para-hydroxylation sites is 1. The summed E-state index contributed by atoms with van der Waals surface area (Å²) in [4.78, 5) is 17.0. The summed E-state index contributed by atoms with van der Waals surface area (Å²) in [7, 11) is 0. The average Bonchev–Trinajstić information content (AvgIpc) is 2.88. The van der Waals surface area contributed by atoms with Crippen molar-refractivity contribution in [2.45, 2.75) is 6.61 Å². The molecule has 35 heavy (non-hydrogen) atoms. The van der Waals surface area contributed by atoms with E-state index in [0.717, 1.165) is 11.3 Å². The molecule has 0 aliphatic carbocycles. The highest BCUT2D eigenvalue weighted by atomic mass is 79.9. The van der Waals surface area contributed by atoms with Crippen LogP contribution in [-0.2, 0) is 11.4 Å². The second-order valence-corrected chi connectivity index (χ2v) is 9.72. The minimum absolute atomic E-state index is 0.0805. The van der Waals surface area contributed by atoms with E-state index in [0.29, 0.717) is 46.4 Å². The van der Waals surface area contributed by atoms with Crippen LogP contribution >= 0.6 is 31.9 Å². The molecule has 1 fully saturated rings. The lowest BCUT2D eigenvalue weighted by molar-refractivity contribution is -0.126. The monoisotopic (exact) mass is 597 g/mol. The van der Waals surface area contributed by atoms with Gasteiger partial charge in [0.2, 0.25) is 0 Å². The van der Waals surface area contributed by atoms with E-state index >= 15 is 0 Å². The molecule has 0 aromatic heterocycles. The van der Waals surface area contributed by atoms with Gasteiger partial charge in [0.15, 0.2) is 0 Å². The molecule has 8 heteroatoms. The van der Waals surface area contributed by atoms with Gasteiger partial charge >= 0.3 is 0 Å². The van der Waals surface area contributed by atoms with Crippen LogP contribution in [0.25, 0.3) is 6.08 Å². The second-order valence-electron chi connectivity index (χ2n) is 8.01. The van der Waals surface area contributed by atoms with Crippen molar-refractivity contribution in [3.8, 4) is 11.8 Å². The van der Waals surface area contributed by atoms with Crippen LogP contribution in [0.4, 0.5) is 10.1 Å². The number of nitriles is 1. The molecule has 4 rings (SSSR count). The fourth-order valence-electron chi connectivity index (χ4n) is 3.82. The van der Waals surface area contributed by atoms with Gasteiger partial charge in [0.05, 0.1) is 8.95 Å². The highest BCUT2D eigenvalue weighted by Crippen LogP contribution is 2.36. The number of amides is 1. The van der Waals surface area contributed by atoms with Crippen LogP contribution in [0.1, 0.15) is 11.1 Å². The van der Waals surface area contributed by atoms with E-state index in [-0.39, 0.29) is 23.9 Å². The molecule has 1 saturated heterocycles. The Balaban J connectivity index is 1.43. The molecule has 0 spiro atoms. The Morgan fingerprint density at radius 2 is 1.63 bits per heavy atom. The molecule has 0 unspecified atom stereocenters. The summed E-state index contributed by atoms with van der Waals surface area (Å²) in [6.45, 7) is 2.80. The molecule has 3 aromatic rings. The van der Waals surface area contributed by atoms with Gasteiger partial charge in [-0.15, -0.1) is 0 Å². The largest absolute Gasteiger partial charge is 0.487 e. The minimum atomic E-state index is -0.298. The third kappa shape index (κ3) is 6.30. The predicted octanol–water partition coefficient (Wildman–Crippen LogP) is 6.19. The zero-order chi connectivity index (χ0) is 24.8. The van der Waals surface area contributed by atoms with Gasteiger partial charge in [-0.25, -0.2) is 4.39 Å². The lowest BCUT2D eigenvalue weighted by atomic mass is 10.1. The van der Waals surface area contributed by atoms with Crippen molar-refractivity contribution >= 4 is 49.5 Å². The van der Waals surface area contributed by atoms with Crippen LogP contribution in [0.3, 0.4) is 0 Å². The molecular weight excluding hydrogens is 577 g/mol. The molecule has 0 atom stereocenters. The topological polar surface area (TPSA) is 56.6 Å². The Morgan fingerprint density at radius 3 is 2.23 bits per heavy atom. The predicted molar refractivity (Wildman–Crippen MR) is 141 cm³/mol. The van der Waals surface area contributed by atoms with Crippen LogP contribution in [0.5, 0.6) is 5.75 Å². The molecule has 0 N–H and O–H groups in total. The third-order valence-electron chi connectivity index (χ3n) is 5.67. The van der Waals surface area contributed by atoms with Crippen molar-refractivity contribution in [1.29, 1.82) is 5.26 Å². The first-order valence-corrected chi connectivity index (χ1v) is 12.6. The lowest BCUT2D eigenvalue weighted by Gasteiger charge is -2.36.